The van der Waals surface area contributed by atoms with E-state index in [0.717, 1.165) is 5.39 Å². The van der Waals surface area contributed by atoms with E-state index < -0.39 is 19.8 Å². The fraction of sp³-hybridized carbons (Fsp3) is 0.0588. The number of hydrogen-bond acceptors (Lipinski definition) is 3. The van der Waals surface area contributed by atoms with E-state index in [-0.39, 0.29) is 4.90 Å². The average Bonchev–Trinajstić information content (AvgIpc) is 2.54. The summed E-state index contributed by atoms with van der Waals surface area (Å²) in [4.78, 5) is 0.463. The Morgan fingerprint density at radius 3 is 2.09 bits per heavy atom. The van der Waals surface area contributed by atoms with Crippen LogP contribution in [0.2, 0.25) is 0 Å². The minimum absolute atomic E-state index is 0.0705. The van der Waals surface area contributed by atoms with Crippen LogP contribution in [0.15, 0.2) is 86.4 Å². The lowest BCUT2D eigenvalue weighted by Gasteiger charge is -2.07. The summed E-state index contributed by atoms with van der Waals surface area (Å²) in [5.74, 6) is 0. The zero-order valence-corrected chi connectivity index (χ0v) is 14.0. The van der Waals surface area contributed by atoms with Gasteiger partial charge in [-0.1, -0.05) is 54.6 Å². The molecule has 0 saturated heterocycles. The maximum absolute atomic E-state index is 12.8. The van der Waals surface area contributed by atoms with Gasteiger partial charge in [-0.05, 0) is 23.6 Å². The molecule has 0 saturated carbocycles. The van der Waals surface area contributed by atoms with Crippen molar-refractivity contribution in [3.63, 3.8) is 0 Å². The zero-order valence-electron chi connectivity index (χ0n) is 12.4. The molecule has 1 atom stereocenters. The number of nitrogens with zero attached hydrogens (tertiary/aromatic N) is 1. The highest BCUT2D eigenvalue weighted by atomic mass is 32.3. The van der Waals surface area contributed by atoms with Crippen molar-refractivity contribution < 1.29 is 12.6 Å². The molecule has 3 rings (SSSR count). The summed E-state index contributed by atoms with van der Waals surface area (Å²) in [6, 6.07) is 20.5. The molecule has 0 N–H and O–H groups in total. The second-order valence-electron chi connectivity index (χ2n) is 5.14. The Morgan fingerprint density at radius 2 is 1.35 bits per heavy atom. The lowest BCUT2D eigenvalue weighted by molar-refractivity contribution is 0.599. The van der Waals surface area contributed by atoms with Gasteiger partial charge in [-0.15, -0.1) is 3.77 Å². The lowest BCUT2D eigenvalue weighted by Crippen LogP contribution is -2.05. The third kappa shape index (κ3) is 3.13. The van der Waals surface area contributed by atoms with Gasteiger partial charge >= 0.3 is 0 Å². The first-order chi connectivity index (χ1) is 10.9. The van der Waals surface area contributed by atoms with Crippen molar-refractivity contribution in [3.05, 3.63) is 72.8 Å². The molecule has 3 aromatic carbocycles. The smallest absolute Gasteiger partial charge is 0.244 e. The monoisotopic (exact) mass is 345 g/mol. The van der Waals surface area contributed by atoms with Crippen molar-refractivity contribution in [2.75, 3.05) is 6.26 Å². The molecule has 0 heterocycles. The van der Waals surface area contributed by atoms with E-state index in [9.17, 15) is 12.6 Å². The van der Waals surface area contributed by atoms with E-state index in [0.29, 0.717) is 10.3 Å². The summed E-state index contributed by atoms with van der Waals surface area (Å²) in [5.41, 5.74) is 0. The highest BCUT2D eigenvalue weighted by Gasteiger charge is 2.19. The van der Waals surface area contributed by atoms with E-state index in [2.05, 4.69) is 3.77 Å². The van der Waals surface area contributed by atoms with Gasteiger partial charge in [-0.3, -0.25) is 0 Å². The maximum Gasteiger partial charge on any atom is 0.290 e. The third-order valence-electron chi connectivity index (χ3n) is 3.45. The highest BCUT2D eigenvalue weighted by Crippen LogP contribution is 2.26. The van der Waals surface area contributed by atoms with Crippen LogP contribution in [0.25, 0.3) is 10.8 Å². The number of rotatable bonds is 3. The van der Waals surface area contributed by atoms with Gasteiger partial charge in [0.1, 0.15) is 0 Å². The predicted octanol–water partition coefficient (Wildman–Crippen LogP) is 3.69. The van der Waals surface area contributed by atoms with Crippen LogP contribution < -0.4 is 0 Å². The number of sulfonamides is 1. The van der Waals surface area contributed by atoms with Gasteiger partial charge < -0.3 is 0 Å². The molecule has 6 heteroatoms. The standard InChI is InChI=1S/C17H15NO3S2/c1-22(19,15-10-3-2-4-11-15)18-23(20,21)17-13-7-9-14-8-5-6-12-16(14)17/h2-13H,1H3. The molecular weight excluding hydrogens is 330 g/mol. The fourth-order valence-electron chi connectivity index (χ4n) is 2.36. The van der Waals surface area contributed by atoms with Gasteiger partial charge in [-0.25, -0.2) is 4.21 Å². The molecule has 0 radical (unpaired) electrons. The molecule has 0 aliphatic heterocycles. The van der Waals surface area contributed by atoms with Crippen LogP contribution >= 0.6 is 0 Å². The first-order valence-electron chi connectivity index (χ1n) is 6.91. The summed E-state index contributed by atoms with van der Waals surface area (Å²) in [5, 5.41) is 1.37. The number of fused-ring (bicyclic) bond motifs is 1. The van der Waals surface area contributed by atoms with Crippen molar-refractivity contribution in [1.29, 1.82) is 0 Å². The molecule has 4 nitrogen and oxygen atoms in total. The predicted molar refractivity (Wildman–Crippen MR) is 92.3 cm³/mol. The van der Waals surface area contributed by atoms with Crippen molar-refractivity contribution >= 4 is 30.5 Å². The van der Waals surface area contributed by atoms with Crippen molar-refractivity contribution in [2.45, 2.75) is 9.79 Å². The molecule has 0 aromatic heterocycles. The Labute approximate surface area is 136 Å². The van der Waals surface area contributed by atoms with E-state index in [1.807, 2.05) is 18.2 Å². The van der Waals surface area contributed by atoms with Gasteiger partial charge in [0.15, 0.2) is 0 Å². The molecular formula is C17H15NO3S2. The topological polar surface area (TPSA) is 63.6 Å². The molecule has 0 bridgehead atoms. The Balaban J connectivity index is 2.23. The number of benzene rings is 3. The van der Waals surface area contributed by atoms with Gasteiger partial charge in [0.2, 0.25) is 0 Å². The van der Waals surface area contributed by atoms with E-state index in [1.54, 1.807) is 48.5 Å². The Kier molecular flexibility index (Phi) is 3.95. The van der Waals surface area contributed by atoms with Crippen LogP contribution in [0.4, 0.5) is 0 Å². The lowest BCUT2D eigenvalue weighted by atomic mass is 10.1. The number of hydrogen-bond donors (Lipinski definition) is 0. The van der Waals surface area contributed by atoms with Crippen LogP contribution in [-0.2, 0) is 19.8 Å². The minimum atomic E-state index is -4.04. The Bertz CT molecular complexity index is 1080. The summed E-state index contributed by atoms with van der Waals surface area (Å²) in [6.45, 7) is 0. The SMILES string of the molecule is CS(=O)(=NS(=O)(=O)c1cccc2ccccc12)c1ccccc1. The van der Waals surface area contributed by atoms with Crippen molar-refractivity contribution in [2.24, 2.45) is 3.77 Å². The molecule has 0 aliphatic rings. The van der Waals surface area contributed by atoms with Crippen LogP contribution in [0, 0.1) is 0 Å². The Morgan fingerprint density at radius 1 is 0.739 bits per heavy atom. The van der Waals surface area contributed by atoms with Gasteiger partial charge in [0.25, 0.3) is 10.0 Å². The zero-order chi connectivity index (χ0) is 16.5. The van der Waals surface area contributed by atoms with Gasteiger partial charge in [-0.2, -0.15) is 8.42 Å². The maximum atomic E-state index is 12.8. The molecule has 3 aromatic rings. The molecule has 1 unspecified atom stereocenters. The molecule has 0 amide bonds. The van der Waals surface area contributed by atoms with Crippen LogP contribution in [0.5, 0.6) is 0 Å². The molecule has 0 aliphatic carbocycles. The fourth-order valence-corrected chi connectivity index (χ4v) is 5.90. The minimum Gasteiger partial charge on any atom is -0.244 e. The van der Waals surface area contributed by atoms with Gasteiger partial charge in [0.05, 0.1) is 14.6 Å². The normalized spacial score (nSPS) is 14.3. The summed E-state index contributed by atoms with van der Waals surface area (Å²) >= 11 is 0. The average molecular weight is 345 g/mol. The van der Waals surface area contributed by atoms with Crippen LogP contribution in [-0.4, -0.2) is 18.9 Å². The van der Waals surface area contributed by atoms with E-state index in [4.69, 9.17) is 0 Å². The van der Waals surface area contributed by atoms with Crippen LogP contribution in [0.3, 0.4) is 0 Å². The molecule has 23 heavy (non-hydrogen) atoms. The van der Waals surface area contributed by atoms with Crippen molar-refractivity contribution in [3.8, 4) is 0 Å². The second-order valence-corrected chi connectivity index (χ2v) is 9.21. The first kappa shape index (κ1) is 15.7. The molecule has 118 valence electrons. The highest BCUT2D eigenvalue weighted by molar-refractivity contribution is 8.03. The largest absolute Gasteiger partial charge is 0.290 e. The molecule has 0 spiro atoms. The summed E-state index contributed by atoms with van der Waals surface area (Å²) in [7, 11) is -7.09. The van der Waals surface area contributed by atoms with Gasteiger partial charge in [0, 0.05) is 16.5 Å². The third-order valence-corrected chi connectivity index (χ3v) is 7.43. The summed E-state index contributed by atoms with van der Waals surface area (Å²) in [6.07, 6.45) is 1.34. The van der Waals surface area contributed by atoms with Crippen molar-refractivity contribution in [1.82, 2.24) is 0 Å². The molecule has 0 fully saturated rings. The van der Waals surface area contributed by atoms with E-state index >= 15 is 0 Å². The van der Waals surface area contributed by atoms with E-state index in [1.165, 1.54) is 12.3 Å². The Hall–Kier alpha value is -2.18. The summed E-state index contributed by atoms with van der Waals surface area (Å²) < 4.78 is 41.9. The quantitative estimate of drug-likeness (QED) is 0.727. The van der Waals surface area contributed by atoms with Crippen LogP contribution in [0.1, 0.15) is 0 Å². The first-order valence-corrected chi connectivity index (χ1v) is 10.3. The second kappa shape index (κ2) is 5.79.